The molecule has 0 spiro atoms. The number of benzene rings is 2. The van der Waals surface area contributed by atoms with Crippen LogP contribution in [-0.2, 0) is 4.74 Å². The second-order valence-electron chi connectivity index (χ2n) is 7.52. The molecular weight excluding hydrogens is 392 g/mol. The zero-order valence-electron chi connectivity index (χ0n) is 16.9. The maximum absolute atomic E-state index is 12.8. The van der Waals surface area contributed by atoms with E-state index in [0.29, 0.717) is 24.7 Å². The number of pyridine rings is 1. The van der Waals surface area contributed by atoms with E-state index in [4.69, 9.17) is 9.47 Å². The molecule has 3 heterocycles. The van der Waals surface area contributed by atoms with E-state index in [1.807, 2.05) is 54.6 Å². The maximum Gasteiger partial charge on any atom is 0.272 e. The molecule has 0 radical (unpaired) electrons. The van der Waals surface area contributed by atoms with Gasteiger partial charge < -0.3 is 14.8 Å². The molecule has 5 rings (SSSR count). The molecule has 1 fully saturated rings. The van der Waals surface area contributed by atoms with Crippen LogP contribution in [0.2, 0.25) is 0 Å². The van der Waals surface area contributed by atoms with Gasteiger partial charge in [0.15, 0.2) is 5.69 Å². The molecule has 0 atom stereocenters. The Balaban J connectivity index is 1.41. The van der Waals surface area contributed by atoms with Crippen molar-refractivity contribution in [3.05, 3.63) is 72.7 Å². The first-order chi connectivity index (χ1) is 15.3. The van der Waals surface area contributed by atoms with Crippen LogP contribution in [0.4, 0.5) is 0 Å². The Hall–Kier alpha value is -3.71. The van der Waals surface area contributed by atoms with Crippen LogP contribution in [0.15, 0.2) is 67.0 Å². The number of fused-ring (bicyclic) bond motifs is 1. The average molecular weight is 414 g/mol. The Morgan fingerprint density at radius 1 is 1.00 bits per heavy atom. The number of nitrogens with one attached hydrogen (secondary N) is 2. The minimum Gasteiger partial charge on any atom is -0.456 e. The summed E-state index contributed by atoms with van der Waals surface area (Å²) in [6.07, 6.45) is 5.10. The minimum atomic E-state index is -0.172. The van der Waals surface area contributed by atoms with E-state index in [1.165, 1.54) is 0 Å². The topological polar surface area (TPSA) is 89.1 Å². The summed E-state index contributed by atoms with van der Waals surface area (Å²) >= 11 is 0. The van der Waals surface area contributed by atoms with Gasteiger partial charge in [-0.2, -0.15) is 5.10 Å². The van der Waals surface area contributed by atoms with Crippen molar-refractivity contribution >= 4 is 16.8 Å². The SMILES string of the molecule is O=C(NC1CCOCC1)c1n[nH]c2ccc(-c3cncc(Oc4ccccc4)c3)cc12. The normalized spacial score (nSPS) is 14.5. The first kappa shape index (κ1) is 19.3. The molecule has 7 nitrogen and oxygen atoms in total. The Labute approximate surface area is 179 Å². The molecule has 156 valence electrons. The van der Waals surface area contributed by atoms with E-state index >= 15 is 0 Å². The van der Waals surface area contributed by atoms with Crippen LogP contribution in [0.25, 0.3) is 22.0 Å². The predicted molar refractivity (Wildman–Crippen MR) is 117 cm³/mol. The first-order valence-corrected chi connectivity index (χ1v) is 10.3. The van der Waals surface area contributed by atoms with Gasteiger partial charge in [-0.05, 0) is 48.7 Å². The van der Waals surface area contributed by atoms with Gasteiger partial charge in [0, 0.05) is 36.4 Å². The lowest BCUT2D eigenvalue weighted by molar-refractivity contribution is 0.0695. The van der Waals surface area contributed by atoms with E-state index in [9.17, 15) is 4.79 Å². The van der Waals surface area contributed by atoms with E-state index in [-0.39, 0.29) is 11.9 Å². The third-order valence-electron chi connectivity index (χ3n) is 5.36. The van der Waals surface area contributed by atoms with Crippen molar-refractivity contribution in [2.24, 2.45) is 0 Å². The van der Waals surface area contributed by atoms with Crippen molar-refractivity contribution in [1.29, 1.82) is 0 Å². The van der Waals surface area contributed by atoms with Crippen molar-refractivity contribution in [3.63, 3.8) is 0 Å². The van der Waals surface area contributed by atoms with E-state index in [2.05, 4.69) is 20.5 Å². The number of aromatic nitrogens is 3. The van der Waals surface area contributed by atoms with Crippen molar-refractivity contribution < 1.29 is 14.3 Å². The van der Waals surface area contributed by atoms with Crippen LogP contribution in [-0.4, -0.2) is 40.3 Å². The average Bonchev–Trinajstić information content (AvgIpc) is 3.24. The third-order valence-corrected chi connectivity index (χ3v) is 5.36. The van der Waals surface area contributed by atoms with E-state index in [1.54, 1.807) is 12.4 Å². The Morgan fingerprint density at radius 3 is 2.68 bits per heavy atom. The number of carbonyl (C=O) groups is 1. The van der Waals surface area contributed by atoms with E-state index in [0.717, 1.165) is 40.6 Å². The molecular formula is C24H22N4O3. The Kier molecular flexibility index (Phi) is 5.33. The molecule has 2 aromatic heterocycles. The molecule has 0 unspecified atom stereocenters. The number of nitrogens with zero attached hydrogens (tertiary/aromatic N) is 2. The number of amides is 1. The smallest absolute Gasteiger partial charge is 0.272 e. The third kappa shape index (κ3) is 4.27. The monoisotopic (exact) mass is 414 g/mol. The number of ether oxygens (including phenoxy) is 2. The molecule has 1 saturated heterocycles. The number of hydrogen-bond donors (Lipinski definition) is 2. The van der Waals surface area contributed by atoms with Crippen molar-refractivity contribution in [3.8, 4) is 22.6 Å². The van der Waals surface area contributed by atoms with Gasteiger partial charge in [0.1, 0.15) is 11.5 Å². The van der Waals surface area contributed by atoms with Crippen LogP contribution in [0.3, 0.4) is 0 Å². The van der Waals surface area contributed by atoms with Gasteiger partial charge in [-0.15, -0.1) is 0 Å². The van der Waals surface area contributed by atoms with Crippen molar-refractivity contribution in [2.75, 3.05) is 13.2 Å². The van der Waals surface area contributed by atoms with Crippen LogP contribution in [0.5, 0.6) is 11.5 Å². The summed E-state index contributed by atoms with van der Waals surface area (Å²) in [6.45, 7) is 1.34. The summed E-state index contributed by atoms with van der Waals surface area (Å²) in [7, 11) is 0. The zero-order chi connectivity index (χ0) is 21.0. The standard InChI is InChI=1S/C24H22N4O3/c29-24(26-18-8-10-30-11-9-18)23-21-13-16(6-7-22(21)27-28-23)17-12-20(15-25-14-17)31-19-4-2-1-3-5-19/h1-7,12-15,18H,8-11H2,(H,26,29)(H,27,28). The van der Waals surface area contributed by atoms with Crippen molar-refractivity contribution in [1.82, 2.24) is 20.5 Å². The molecule has 4 aromatic rings. The van der Waals surface area contributed by atoms with Crippen molar-refractivity contribution in [2.45, 2.75) is 18.9 Å². The summed E-state index contributed by atoms with van der Waals surface area (Å²) in [5.74, 6) is 1.22. The van der Waals surface area contributed by atoms with Gasteiger partial charge in [-0.3, -0.25) is 14.9 Å². The fourth-order valence-electron chi connectivity index (χ4n) is 3.72. The first-order valence-electron chi connectivity index (χ1n) is 10.3. The van der Waals surface area contributed by atoms with Gasteiger partial charge in [0.05, 0.1) is 11.7 Å². The van der Waals surface area contributed by atoms with Crippen LogP contribution < -0.4 is 10.1 Å². The summed E-state index contributed by atoms with van der Waals surface area (Å²) < 4.78 is 11.3. The summed E-state index contributed by atoms with van der Waals surface area (Å²) in [4.78, 5) is 17.1. The minimum absolute atomic E-state index is 0.118. The van der Waals surface area contributed by atoms with Gasteiger partial charge in [-0.1, -0.05) is 24.3 Å². The van der Waals surface area contributed by atoms with Crippen LogP contribution in [0, 0.1) is 0 Å². The molecule has 1 aliphatic heterocycles. The number of hydrogen-bond acceptors (Lipinski definition) is 5. The van der Waals surface area contributed by atoms with Gasteiger partial charge in [-0.25, -0.2) is 0 Å². The quantitative estimate of drug-likeness (QED) is 0.508. The number of rotatable bonds is 5. The van der Waals surface area contributed by atoms with E-state index < -0.39 is 0 Å². The molecule has 0 bridgehead atoms. The molecule has 1 aliphatic rings. The van der Waals surface area contributed by atoms with Gasteiger partial charge >= 0.3 is 0 Å². The number of aromatic amines is 1. The van der Waals surface area contributed by atoms with Crippen LogP contribution >= 0.6 is 0 Å². The highest BCUT2D eigenvalue weighted by Gasteiger charge is 2.20. The highest BCUT2D eigenvalue weighted by molar-refractivity contribution is 6.05. The number of carbonyl (C=O) groups excluding carboxylic acids is 1. The summed E-state index contributed by atoms with van der Waals surface area (Å²) in [5.41, 5.74) is 3.03. The highest BCUT2D eigenvalue weighted by atomic mass is 16.5. The van der Waals surface area contributed by atoms with Gasteiger partial charge in [0.2, 0.25) is 0 Å². The number of H-pyrrole nitrogens is 1. The number of para-hydroxylation sites is 1. The molecule has 0 aliphatic carbocycles. The molecule has 7 heteroatoms. The summed E-state index contributed by atoms with van der Waals surface area (Å²) in [6, 6.07) is 17.5. The fourth-order valence-corrected chi connectivity index (χ4v) is 3.72. The molecule has 2 N–H and O–H groups in total. The summed E-state index contributed by atoms with van der Waals surface area (Å²) in [5, 5.41) is 11.1. The second-order valence-corrected chi connectivity index (χ2v) is 7.52. The zero-order valence-corrected chi connectivity index (χ0v) is 16.9. The molecule has 0 saturated carbocycles. The fraction of sp³-hybridized carbons (Fsp3) is 0.208. The Morgan fingerprint density at radius 2 is 1.84 bits per heavy atom. The lowest BCUT2D eigenvalue weighted by atomic mass is 10.0. The molecule has 2 aromatic carbocycles. The Bertz CT molecular complexity index is 1200. The largest absolute Gasteiger partial charge is 0.456 e. The maximum atomic E-state index is 12.8. The predicted octanol–water partition coefficient (Wildman–Crippen LogP) is 4.33. The highest BCUT2D eigenvalue weighted by Crippen LogP contribution is 2.29. The second kappa shape index (κ2) is 8.57. The van der Waals surface area contributed by atoms with Gasteiger partial charge in [0.25, 0.3) is 5.91 Å². The van der Waals surface area contributed by atoms with Crippen LogP contribution in [0.1, 0.15) is 23.3 Å². The molecule has 1 amide bonds. The lowest BCUT2D eigenvalue weighted by Gasteiger charge is -2.22. The lowest BCUT2D eigenvalue weighted by Crippen LogP contribution is -2.39. The molecule has 31 heavy (non-hydrogen) atoms.